The second kappa shape index (κ2) is 4.45. The highest BCUT2D eigenvalue weighted by Gasteiger charge is 2.02. The summed E-state index contributed by atoms with van der Waals surface area (Å²) in [6.45, 7) is 4.26. The molecule has 1 rings (SSSR count). The van der Waals surface area contributed by atoms with E-state index in [9.17, 15) is 4.79 Å². The van der Waals surface area contributed by atoms with Crippen molar-refractivity contribution in [2.45, 2.75) is 13.8 Å². The van der Waals surface area contributed by atoms with Crippen molar-refractivity contribution in [3.05, 3.63) is 23.0 Å². The monoisotopic (exact) mass is 180 g/mol. The van der Waals surface area contributed by atoms with Crippen LogP contribution in [0, 0.1) is 6.92 Å². The van der Waals surface area contributed by atoms with Crippen molar-refractivity contribution in [3.8, 4) is 0 Å². The molecule has 70 valence electrons. The van der Waals surface area contributed by atoms with Gasteiger partial charge >= 0.3 is 0 Å². The Bertz CT molecular complexity index is 315. The minimum absolute atomic E-state index is 0.542. The van der Waals surface area contributed by atoms with E-state index >= 15 is 0 Å². The zero-order chi connectivity index (χ0) is 9.68. The van der Waals surface area contributed by atoms with Crippen molar-refractivity contribution in [2.24, 2.45) is 5.16 Å². The van der Waals surface area contributed by atoms with E-state index in [-0.39, 0.29) is 0 Å². The van der Waals surface area contributed by atoms with Crippen molar-refractivity contribution in [1.29, 1.82) is 0 Å². The van der Waals surface area contributed by atoms with Gasteiger partial charge in [0, 0.05) is 11.8 Å². The number of aldehydes is 1. The molecule has 0 radical (unpaired) electrons. The normalized spacial score (nSPS) is 10.6. The van der Waals surface area contributed by atoms with Gasteiger partial charge in [-0.05, 0) is 19.4 Å². The van der Waals surface area contributed by atoms with Gasteiger partial charge in [-0.2, -0.15) is 0 Å². The first-order valence-electron chi connectivity index (χ1n) is 4.08. The van der Waals surface area contributed by atoms with Gasteiger partial charge in [0.25, 0.3) is 0 Å². The van der Waals surface area contributed by atoms with Gasteiger partial charge in [0.05, 0.1) is 11.9 Å². The third kappa shape index (κ3) is 2.18. The standard InChI is InChI=1S/C9H12N2O2/c1-3-13-11-5-8-4-10-9(6-12)7(8)2/h4-6,10H,3H2,1-2H3/b11-5-. The predicted octanol–water partition coefficient (Wildman–Crippen LogP) is 1.51. The fraction of sp³-hybridized carbons (Fsp3) is 0.333. The molecule has 0 aliphatic heterocycles. The van der Waals surface area contributed by atoms with Gasteiger partial charge in [0.2, 0.25) is 0 Å². The van der Waals surface area contributed by atoms with E-state index in [0.29, 0.717) is 12.3 Å². The van der Waals surface area contributed by atoms with Crippen molar-refractivity contribution in [2.75, 3.05) is 6.61 Å². The quantitative estimate of drug-likeness (QED) is 0.433. The van der Waals surface area contributed by atoms with Gasteiger partial charge in [0.1, 0.15) is 6.61 Å². The number of carbonyl (C=O) groups is 1. The average Bonchev–Trinajstić information content (AvgIpc) is 2.48. The van der Waals surface area contributed by atoms with Crippen LogP contribution in [0.5, 0.6) is 0 Å². The lowest BCUT2D eigenvalue weighted by Gasteiger charge is -1.91. The molecule has 0 bridgehead atoms. The van der Waals surface area contributed by atoms with Crippen LogP contribution in [0.1, 0.15) is 28.5 Å². The van der Waals surface area contributed by atoms with Crippen LogP contribution in [0.3, 0.4) is 0 Å². The Balaban J connectivity index is 2.77. The van der Waals surface area contributed by atoms with Crippen LogP contribution in [-0.2, 0) is 4.84 Å². The third-order valence-electron chi connectivity index (χ3n) is 1.73. The Morgan fingerprint density at radius 2 is 2.46 bits per heavy atom. The predicted molar refractivity (Wildman–Crippen MR) is 50.1 cm³/mol. The number of oxime groups is 1. The number of aromatic nitrogens is 1. The summed E-state index contributed by atoms with van der Waals surface area (Å²) in [6.07, 6.45) is 4.09. The number of carbonyl (C=O) groups excluding carboxylic acids is 1. The minimum Gasteiger partial charge on any atom is -0.396 e. The Kier molecular flexibility index (Phi) is 3.25. The zero-order valence-electron chi connectivity index (χ0n) is 7.70. The lowest BCUT2D eigenvalue weighted by molar-refractivity contribution is 0.111. The molecule has 0 fully saturated rings. The Hall–Kier alpha value is -1.58. The number of rotatable bonds is 4. The summed E-state index contributed by atoms with van der Waals surface area (Å²) in [6, 6.07) is 0. The molecule has 0 saturated carbocycles. The molecule has 1 heterocycles. The van der Waals surface area contributed by atoms with Gasteiger partial charge in [-0.25, -0.2) is 0 Å². The molecule has 1 N–H and O–H groups in total. The van der Waals surface area contributed by atoms with Crippen LogP contribution in [0.2, 0.25) is 0 Å². The maximum atomic E-state index is 10.5. The molecule has 13 heavy (non-hydrogen) atoms. The molecule has 0 amide bonds. The number of H-pyrrole nitrogens is 1. The first-order chi connectivity index (χ1) is 6.29. The largest absolute Gasteiger partial charge is 0.396 e. The Morgan fingerprint density at radius 3 is 3.00 bits per heavy atom. The van der Waals surface area contributed by atoms with Crippen LogP contribution in [0.25, 0.3) is 0 Å². The molecule has 1 aromatic heterocycles. The molecule has 0 unspecified atom stereocenters. The number of hydrogen-bond acceptors (Lipinski definition) is 3. The van der Waals surface area contributed by atoms with Crippen LogP contribution >= 0.6 is 0 Å². The molecule has 4 heteroatoms. The van der Waals surface area contributed by atoms with Gasteiger partial charge in [-0.3, -0.25) is 4.79 Å². The molecule has 0 spiro atoms. The second-order valence-electron chi connectivity index (χ2n) is 2.55. The highest BCUT2D eigenvalue weighted by molar-refractivity contribution is 5.86. The molecule has 0 aromatic carbocycles. The summed E-state index contributed by atoms with van der Waals surface area (Å²) < 4.78 is 0. The minimum atomic E-state index is 0.542. The van der Waals surface area contributed by atoms with Gasteiger partial charge in [0.15, 0.2) is 6.29 Å². The average molecular weight is 180 g/mol. The van der Waals surface area contributed by atoms with E-state index in [1.807, 2.05) is 13.8 Å². The number of nitrogens with one attached hydrogen (secondary N) is 1. The summed E-state index contributed by atoms with van der Waals surface area (Å²) >= 11 is 0. The van der Waals surface area contributed by atoms with Crippen LogP contribution in [-0.4, -0.2) is 24.1 Å². The summed E-state index contributed by atoms with van der Waals surface area (Å²) in [5, 5.41) is 3.71. The Morgan fingerprint density at radius 1 is 1.69 bits per heavy atom. The zero-order valence-corrected chi connectivity index (χ0v) is 7.70. The molecule has 0 aliphatic rings. The van der Waals surface area contributed by atoms with E-state index in [2.05, 4.69) is 10.1 Å². The van der Waals surface area contributed by atoms with Crippen molar-refractivity contribution < 1.29 is 9.63 Å². The highest BCUT2D eigenvalue weighted by atomic mass is 16.6. The molecule has 0 saturated heterocycles. The maximum Gasteiger partial charge on any atom is 0.166 e. The van der Waals surface area contributed by atoms with Gasteiger partial charge < -0.3 is 9.82 Å². The molecule has 4 nitrogen and oxygen atoms in total. The van der Waals surface area contributed by atoms with Crippen LogP contribution < -0.4 is 0 Å². The summed E-state index contributed by atoms with van der Waals surface area (Å²) in [5.74, 6) is 0. The van der Waals surface area contributed by atoms with Gasteiger partial charge in [-0.1, -0.05) is 5.16 Å². The fourth-order valence-electron chi connectivity index (χ4n) is 0.953. The van der Waals surface area contributed by atoms with E-state index in [4.69, 9.17) is 4.84 Å². The topological polar surface area (TPSA) is 54.4 Å². The molecular weight excluding hydrogens is 168 g/mol. The first-order valence-corrected chi connectivity index (χ1v) is 4.08. The number of hydrogen-bond donors (Lipinski definition) is 1. The van der Waals surface area contributed by atoms with Crippen molar-refractivity contribution >= 4 is 12.5 Å². The molecular formula is C9H12N2O2. The SMILES string of the molecule is CCO/N=C\c1c[nH]c(C=O)c1C. The van der Waals surface area contributed by atoms with Gasteiger partial charge in [-0.15, -0.1) is 0 Å². The van der Waals surface area contributed by atoms with E-state index in [1.165, 1.54) is 0 Å². The van der Waals surface area contributed by atoms with Crippen molar-refractivity contribution in [1.82, 2.24) is 4.98 Å². The van der Waals surface area contributed by atoms with E-state index in [1.54, 1.807) is 12.4 Å². The summed E-state index contributed by atoms with van der Waals surface area (Å²) in [4.78, 5) is 18.1. The van der Waals surface area contributed by atoms with Crippen molar-refractivity contribution in [3.63, 3.8) is 0 Å². The summed E-state index contributed by atoms with van der Waals surface area (Å²) in [7, 11) is 0. The fourth-order valence-corrected chi connectivity index (χ4v) is 0.953. The maximum absolute atomic E-state index is 10.5. The summed E-state index contributed by atoms with van der Waals surface area (Å²) in [5.41, 5.74) is 2.34. The molecule has 0 atom stereocenters. The van der Waals surface area contributed by atoms with E-state index < -0.39 is 0 Å². The molecule has 0 aliphatic carbocycles. The van der Waals surface area contributed by atoms with Crippen LogP contribution in [0.4, 0.5) is 0 Å². The van der Waals surface area contributed by atoms with E-state index in [0.717, 1.165) is 17.4 Å². The molecule has 1 aromatic rings. The van der Waals surface area contributed by atoms with Crippen LogP contribution in [0.15, 0.2) is 11.4 Å². The smallest absolute Gasteiger partial charge is 0.166 e. The lowest BCUT2D eigenvalue weighted by atomic mass is 10.2. The first kappa shape index (κ1) is 9.51. The number of aromatic amines is 1. The number of nitrogens with zero attached hydrogens (tertiary/aromatic N) is 1. The highest BCUT2D eigenvalue weighted by Crippen LogP contribution is 2.08. The second-order valence-corrected chi connectivity index (χ2v) is 2.55. The lowest BCUT2D eigenvalue weighted by Crippen LogP contribution is -1.86. The Labute approximate surface area is 76.6 Å². The third-order valence-corrected chi connectivity index (χ3v) is 1.73.